The molecule has 0 radical (unpaired) electrons. The first-order chi connectivity index (χ1) is 14.1. The number of anilines is 1. The first-order valence-electron chi connectivity index (χ1n) is 9.88. The fraction of sp³-hybridized carbons (Fsp3) is 0.318. The number of carbonyl (C=O) groups is 2. The highest BCUT2D eigenvalue weighted by atomic mass is 19.1. The van der Waals surface area contributed by atoms with Gasteiger partial charge in [0.25, 0.3) is 5.91 Å². The molecule has 0 atom stereocenters. The number of hydrogen-bond donors (Lipinski definition) is 2. The Morgan fingerprint density at radius 2 is 1.97 bits per heavy atom. The Balaban J connectivity index is 1.35. The number of fused-ring (bicyclic) bond motifs is 1. The molecule has 6 nitrogen and oxygen atoms in total. The molecule has 150 valence electrons. The third-order valence-electron chi connectivity index (χ3n) is 5.36. The van der Waals surface area contributed by atoms with E-state index in [4.69, 9.17) is 0 Å². The van der Waals surface area contributed by atoms with Crippen LogP contribution in [0.4, 0.5) is 10.1 Å². The van der Waals surface area contributed by atoms with Crippen LogP contribution in [0.1, 0.15) is 48.0 Å². The number of halogens is 1. The van der Waals surface area contributed by atoms with Crippen LogP contribution in [0.3, 0.4) is 0 Å². The van der Waals surface area contributed by atoms with E-state index < -0.39 is 11.7 Å². The lowest BCUT2D eigenvalue weighted by molar-refractivity contribution is -0.117. The van der Waals surface area contributed by atoms with Crippen molar-refractivity contribution in [2.75, 3.05) is 5.32 Å². The van der Waals surface area contributed by atoms with Crippen LogP contribution in [0.5, 0.6) is 0 Å². The van der Waals surface area contributed by atoms with Crippen molar-refractivity contribution in [2.45, 2.75) is 38.6 Å². The molecule has 0 aliphatic heterocycles. The maximum atomic E-state index is 14.4. The number of imidazole rings is 1. The SMILES string of the molecule is O=C(CC1CCCC1)Nc1ccc(C(=O)NCc2ccn3ccnc3c2)c(F)c1. The minimum Gasteiger partial charge on any atom is -0.348 e. The number of carbonyl (C=O) groups excluding carboxylic acids is 2. The van der Waals surface area contributed by atoms with Gasteiger partial charge >= 0.3 is 0 Å². The number of amides is 2. The highest BCUT2D eigenvalue weighted by Gasteiger charge is 2.19. The molecule has 0 unspecified atom stereocenters. The summed E-state index contributed by atoms with van der Waals surface area (Å²) < 4.78 is 16.3. The maximum absolute atomic E-state index is 14.4. The van der Waals surface area contributed by atoms with Gasteiger partial charge in [0, 0.05) is 37.2 Å². The molecule has 0 saturated heterocycles. The standard InChI is InChI=1S/C22H23FN4O2/c23-19-13-17(26-21(28)12-15-3-1-2-4-15)5-6-18(19)22(29)25-14-16-7-9-27-10-8-24-20(27)11-16/h5-11,13,15H,1-4,12,14H2,(H,25,29)(H,26,28). The average molecular weight is 394 g/mol. The van der Waals surface area contributed by atoms with Gasteiger partial charge in [0.1, 0.15) is 11.5 Å². The second-order valence-corrected chi connectivity index (χ2v) is 7.51. The number of benzene rings is 1. The Hall–Kier alpha value is -3.22. The smallest absolute Gasteiger partial charge is 0.254 e. The van der Waals surface area contributed by atoms with Gasteiger partial charge in [-0.25, -0.2) is 9.37 Å². The van der Waals surface area contributed by atoms with Crippen molar-refractivity contribution in [3.8, 4) is 0 Å². The van der Waals surface area contributed by atoms with Crippen LogP contribution in [0, 0.1) is 11.7 Å². The molecule has 2 amide bonds. The third-order valence-corrected chi connectivity index (χ3v) is 5.36. The highest BCUT2D eigenvalue weighted by molar-refractivity contribution is 5.96. The van der Waals surface area contributed by atoms with E-state index in [9.17, 15) is 14.0 Å². The molecule has 2 heterocycles. The lowest BCUT2D eigenvalue weighted by Gasteiger charge is -2.11. The molecular formula is C22H23FN4O2. The summed E-state index contributed by atoms with van der Waals surface area (Å²) in [6, 6.07) is 7.88. The number of hydrogen-bond acceptors (Lipinski definition) is 3. The van der Waals surface area contributed by atoms with Crippen molar-refractivity contribution in [3.63, 3.8) is 0 Å². The van der Waals surface area contributed by atoms with E-state index in [-0.39, 0.29) is 18.0 Å². The molecule has 1 aliphatic carbocycles. The van der Waals surface area contributed by atoms with Gasteiger partial charge in [-0.2, -0.15) is 0 Å². The Bertz CT molecular complexity index is 1040. The Labute approximate surface area is 168 Å². The minimum absolute atomic E-state index is 0.0549. The van der Waals surface area contributed by atoms with Crippen LogP contribution in [0.25, 0.3) is 5.65 Å². The predicted molar refractivity (Wildman–Crippen MR) is 108 cm³/mol. The van der Waals surface area contributed by atoms with Crippen molar-refractivity contribution < 1.29 is 14.0 Å². The molecule has 29 heavy (non-hydrogen) atoms. The number of aromatic nitrogens is 2. The van der Waals surface area contributed by atoms with Crippen molar-refractivity contribution in [2.24, 2.45) is 5.92 Å². The first kappa shape index (κ1) is 19.1. The van der Waals surface area contributed by atoms with Crippen molar-refractivity contribution in [1.82, 2.24) is 14.7 Å². The second-order valence-electron chi connectivity index (χ2n) is 7.51. The summed E-state index contributed by atoms with van der Waals surface area (Å²) in [5.74, 6) is -0.853. The van der Waals surface area contributed by atoms with Gasteiger partial charge < -0.3 is 15.0 Å². The molecule has 2 N–H and O–H groups in total. The molecule has 4 rings (SSSR count). The lowest BCUT2D eigenvalue weighted by atomic mass is 10.0. The summed E-state index contributed by atoms with van der Waals surface area (Å²) in [5.41, 5.74) is 1.96. The Kier molecular flexibility index (Phi) is 5.55. The normalized spacial score (nSPS) is 14.2. The van der Waals surface area contributed by atoms with Crippen molar-refractivity contribution in [3.05, 3.63) is 65.9 Å². The third kappa shape index (κ3) is 4.62. The maximum Gasteiger partial charge on any atom is 0.254 e. The zero-order chi connectivity index (χ0) is 20.2. The summed E-state index contributed by atoms with van der Waals surface area (Å²) in [7, 11) is 0. The molecule has 1 saturated carbocycles. The monoisotopic (exact) mass is 394 g/mol. The van der Waals surface area contributed by atoms with Crippen LogP contribution in [-0.4, -0.2) is 21.2 Å². The van der Waals surface area contributed by atoms with E-state index in [1.165, 1.54) is 25.0 Å². The highest BCUT2D eigenvalue weighted by Crippen LogP contribution is 2.28. The zero-order valence-electron chi connectivity index (χ0n) is 16.0. The summed E-state index contributed by atoms with van der Waals surface area (Å²) in [6.07, 6.45) is 10.3. The van der Waals surface area contributed by atoms with E-state index in [1.54, 1.807) is 12.3 Å². The summed E-state index contributed by atoms with van der Waals surface area (Å²) in [6.45, 7) is 0.265. The quantitative estimate of drug-likeness (QED) is 0.665. The number of nitrogens with zero attached hydrogens (tertiary/aromatic N) is 2. The predicted octanol–water partition coefficient (Wildman–Crippen LogP) is 3.92. The average Bonchev–Trinajstić information content (AvgIpc) is 3.37. The fourth-order valence-corrected chi connectivity index (χ4v) is 3.81. The summed E-state index contributed by atoms with van der Waals surface area (Å²) >= 11 is 0. The minimum atomic E-state index is -0.662. The Morgan fingerprint density at radius 3 is 2.76 bits per heavy atom. The largest absolute Gasteiger partial charge is 0.348 e. The molecule has 0 spiro atoms. The van der Waals surface area contributed by atoms with Gasteiger partial charge in [-0.1, -0.05) is 12.8 Å². The van der Waals surface area contributed by atoms with Crippen LogP contribution in [0.2, 0.25) is 0 Å². The van der Waals surface area contributed by atoms with E-state index >= 15 is 0 Å². The van der Waals surface area contributed by atoms with Gasteiger partial charge in [-0.05, 0) is 54.7 Å². The van der Waals surface area contributed by atoms with Gasteiger partial charge in [0.15, 0.2) is 0 Å². The van der Waals surface area contributed by atoms with Gasteiger partial charge in [0.2, 0.25) is 5.91 Å². The molecule has 2 aromatic heterocycles. The Morgan fingerprint density at radius 1 is 1.14 bits per heavy atom. The van der Waals surface area contributed by atoms with E-state index in [2.05, 4.69) is 15.6 Å². The zero-order valence-corrected chi connectivity index (χ0v) is 16.0. The molecular weight excluding hydrogens is 371 g/mol. The van der Waals surface area contributed by atoms with Crippen LogP contribution in [0.15, 0.2) is 48.9 Å². The fourth-order valence-electron chi connectivity index (χ4n) is 3.81. The van der Waals surface area contributed by atoms with E-state index in [0.717, 1.165) is 24.1 Å². The lowest BCUT2D eigenvalue weighted by Crippen LogP contribution is -2.24. The van der Waals surface area contributed by atoms with Crippen molar-refractivity contribution >= 4 is 23.1 Å². The second kappa shape index (κ2) is 8.43. The number of pyridine rings is 1. The molecule has 1 fully saturated rings. The molecule has 1 aromatic carbocycles. The molecule has 3 aromatic rings. The van der Waals surface area contributed by atoms with Gasteiger partial charge in [0.05, 0.1) is 5.56 Å². The number of rotatable bonds is 6. The van der Waals surface area contributed by atoms with Gasteiger partial charge in [-0.15, -0.1) is 0 Å². The van der Waals surface area contributed by atoms with Crippen molar-refractivity contribution in [1.29, 1.82) is 0 Å². The van der Waals surface area contributed by atoms with Crippen LogP contribution < -0.4 is 10.6 Å². The number of nitrogens with one attached hydrogen (secondary N) is 2. The van der Waals surface area contributed by atoms with Crippen LogP contribution in [-0.2, 0) is 11.3 Å². The topological polar surface area (TPSA) is 75.5 Å². The molecule has 7 heteroatoms. The summed E-state index contributed by atoms with van der Waals surface area (Å²) in [4.78, 5) is 28.7. The van der Waals surface area contributed by atoms with E-state index in [0.29, 0.717) is 18.0 Å². The van der Waals surface area contributed by atoms with Gasteiger partial charge in [-0.3, -0.25) is 9.59 Å². The summed E-state index contributed by atoms with van der Waals surface area (Å²) in [5, 5.41) is 5.45. The molecule has 0 bridgehead atoms. The molecule has 1 aliphatic rings. The van der Waals surface area contributed by atoms with E-state index in [1.807, 2.05) is 28.9 Å². The van der Waals surface area contributed by atoms with Crippen LogP contribution >= 0.6 is 0 Å². The first-order valence-corrected chi connectivity index (χ1v) is 9.88.